The number of ketones is 1. The second kappa shape index (κ2) is 8.91. The smallest absolute Gasteiger partial charge is 0.339 e. The number of halogens is 4. The Kier molecular flexibility index (Phi) is 6.18. The molecule has 2 heterocycles. The molecule has 11 heteroatoms. The first-order chi connectivity index (χ1) is 17.8. The van der Waals surface area contributed by atoms with Crippen molar-refractivity contribution in [2.45, 2.75) is 39.0 Å². The Morgan fingerprint density at radius 3 is 2.58 bits per heavy atom. The third-order valence-electron chi connectivity index (χ3n) is 7.03. The largest absolute Gasteiger partial charge is 0.462 e. The fourth-order valence-corrected chi connectivity index (χ4v) is 6.47. The normalized spacial score (nSPS) is 22.0. The van der Waals surface area contributed by atoms with E-state index < -0.39 is 40.1 Å². The van der Waals surface area contributed by atoms with Crippen LogP contribution in [0.2, 0.25) is 5.02 Å². The van der Waals surface area contributed by atoms with Crippen molar-refractivity contribution in [3.05, 3.63) is 79.7 Å². The maximum Gasteiger partial charge on any atom is 0.339 e. The third kappa shape index (κ3) is 3.68. The van der Waals surface area contributed by atoms with Gasteiger partial charge in [-0.05, 0) is 59.0 Å². The number of nitrogens with zero attached hydrogens (tertiary/aromatic N) is 1. The summed E-state index contributed by atoms with van der Waals surface area (Å²) in [6, 6.07) is 6.37. The average molecular weight is 607 g/mol. The number of amides is 1. The molecule has 198 valence electrons. The van der Waals surface area contributed by atoms with E-state index >= 15 is 4.39 Å². The summed E-state index contributed by atoms with van der Waals surface area (Å²) < 4.78 is 34.8. The van der Waals surface area contributed by atoms with Gasteiger partial charge in [0, 0.05) is 44.5 Å². The van der Waals surface area contributed by atoms with E-state index in [9.17, 15) is 18.8 Å². The molecule has 0 bridgehead atoms. The lowest BCUT2D eigenvalue weighted by atomic mass is 9.60. The van der Waals surface area contributed by atoms with Gasteiger partial charge in [0.1, 0.15) is 22.6 Å². The van der Waals surface area contributed by atoms with Gasteiger partial charge >= 0.3 is 5.97 Å². The standard InChI is InChI=1S/C27H23BrClF2N3O4/c1-4-38-24(36)21-23(32)34(22-15(28)8-13(30)9-16(22)31)18-10-26(2,3)11-19(35)20(18)27(21)14-7-12(29)5-6-17(14)33-25(27)37/h5-9H,4,10-11,32H2,1-3H3,(H,33,37). The lowest BCUT2D eigenvalue weighted by molar-refractivity contribution is -0.140. The number of hydrogen-bond acceptors (Lipinski definition) is 6. The van der Waals surface area contributed by atoms with Gasteiger partial charge in [-0.3, -0.25) is 14.5 Å². The van der Waals surface area contributed by atoms with Crippen molar-refractivity contribution in [3.63, 3.8) is 0 Å². The maximum absolute atomic E-state index is 15.4. The number of carbonyl (C=O) groups is 3. The second-order valence-corrected chi connectivity index (χ2v) is 11.5. The molecule has 1 unspecified atom stereocenters. The fraction of sp³-hybridized carbons (Fsp3) is 0.296. The average Bonchev–Trinajstić information content (AvgIpc) is 3.06. The topological polar surface area (TPSA) is 102 Å². The van der Waals surface area contributed by atoms with Crippen LogP contribution in [0.5, 0.6) is 0 Å². The zero-order chi connectivity index (χ0) is 27.7. The van der Waals surface area contributed by atoms with E-state index in [0.717, 1.165) is 6.07 Å². The number of benzene rings is 2. The Hall–Kier alpha value is -3.24. The summed E-state index contributed by atoms with van der Waals surface area (Å²) in [5.74, 6) is -4.20. The quantitative estimate of drug-likeness (QED) is 0.450. The molecule has 2 aliphatic heterocycles. The van der Waals surface area contributed by atoms with E-state index in [1.54, 1.807) is 19.1 Å². The number of nitrogens with two attached hydrogens (primary N) is 1. The summed E-state index contributed by atoms with van der Waals surface area (Å²) in [5.41, 5.74) is 4.35. The molecule has 0 saturated heterocycles. The molecule has 2 aromatic rings. The van der Waals surface area contributed by atoms with Crippen molar-refractivity contribution < 1.29 is 27.9 Å². The monoisotopic (exact) mass is 605 g/mol. The molecule has 7 nitrogen and oxygen atoms in total. The van der Waals surface area contributed by atoms with Crippen molar-refractivity contribution in [1.29, 1.82) is 0 Å². The lowest BCUT2D eigenvalue weighted by Gasteiger charge is -2.47. The Morgan fingerprint density at radius 2 is 1.92 bits per heavy atom. The third-order valence-corrected chi connectivity index (χ3v) is 7.87. The van der Waals surface area contributed by atoms with Gasteiger partial charge in [0.05, 0.1) is 12.3 Å². The molecule has 0 saturated carbocycles. The lowest BCUT2D eigenvalue weighted by Crippen LogP contribution is -2.54. The first kappa shape index (κ1) is 26.4. The van der Waals surface area contributed by atoms with E-state index in [-0.39, 0.29) is 62.9 Å². The Labute approximate surface area is 230 Å². The van der Waals surface area contributed by atoms with E-state index in [4.69, 9.17) is 22.1 Å². The van der Waals surface area contributed by atoms with Crippen LogP contribution in [-0.2, 0) is 24.5 Å². The number of anilines is 2. The number of allylic oxidation sites excluding steroid dienone is 1. The molecule has 2 aromatic carbocycles. The minimum Gasteiger partial charge on any atom is -0.462 e. The minimum absolute atomic E-state index is 0.000828. The Morgan fingerprint density at radius 1 is 1.21 bits per heavy atom. The van der Waals surface area contributed by atoms with Gasteiger partial charge in [0.25, 0.3) is 0 Å². The van der Waals surface area contributed by atoms with Crippen molar-refractivity contribution in [1.82, 2.24) is 0 Å². The predicted molar refractivity (Wildman–Crippen MR) is 141 cm³/mol. The summed E-state index contributed by atoms with van der Waals surface area (Å²) in [7, 11) is 0. The molecular weight excluding hydrogens is 584 g/mol. The van der Waals surface area contributed by atoms with Crippen LogP contribution in [0.25, 0.3) is 0 Å². The van der Waals surface area contributed by atoms with Crippen LogP contribution in [0.3, 0.4) is 0 Å². The van der Waals surface area contributed by atoms with Gasteiger partial charge in [0.15, 0.2) is 11.6 Å². The van der Waals surface area contributed by atoms with Gasteiger partial charge in [-0.25, -0.2) is 13.6 Å². The van der Waals surface area contributed by atoms with Crippen molar-refractivity contribution in [3.8, 4) is 0 Å². The van der Waals surface area contributed by atoms with E-state index in [0.29, 0.717) is 11.8 Å². The highest BCUT2D eigenvalue weighted by molar-refractivity contribution is 9.10. The van der Waals surface area contributed by atoms with Gasteiger partial charge in [-0.1, -0.05) is 25.4 Å². The molecule has 0 fully saturated rings. The predicted octanol–water partition coefficient (Wildman–Crippen LogP) is 5.47. The number of Topliss-reactive ketones (excluding diaryl/α,β-unsaturated/α-hetero) is 1. The van der Waals surface area contributed by atoms with E-state index in [1.807, 2.05) is 13.8 Å². The van der Waals surface area contributed by atoms with Crippen LogP contribution in [0.1, 0.15) is 39.2 Å². The van der Waals surface area contributed by atoms with Crippen LogP contribution >= 0.6 is 27.5 Å². The first-order valence-corrected chi connectivity index (χ1v) is 13.0. The number of nitrogens with one attached hydrogen (secondary N) is 1. The van der Waals surface area contributed by atoms with Crippen LogP contribution in [0.15, 0.2) is 57.5 Å². The van der Waals surface area contributed by atoms with Gasteiger partial charge < -0.3 is 15.8 Å². The Balaban J connectivity index is 1.96. The molecule has 1 amide bonds. The van der Waals surface area contributed by atoms with Crippen LogP contribution in [0.4, 0.5) is 20.2 Å². The van der Waals surface area contributed by atoms with Crippen molar-refractivity contribution >= 4 is 56.6 Å². The molecule has 38 heavy (non-hydrogen) atoms. The van der Waals surface area contributed by atoms with Crippen molar-refractivity contribution in [2.75, 3.05) is 16.8 Å². The van der Waals surface area contributed by atoms with Gasteiger partial charge in [-0.2, -0.15) is 0 Å². The maximum atomic E-state index is 15.4. The van der Waals surface area contributed by atoms with Crippen LogP contribution in [-0.4, -0.2) is 24.3 Å². The first-order valence-electron chi connectivity index (χ1n) is 11.8. The Bertz CT molecular complexity index is 1500. The molecular formula is C27H23BrClF2N3O4. The molecule has 1 spiro atoms. The highest BCUT2D eigenvalue weighted by Gasteiger charge is 2.63. The zero-order valence-corrected chi connectivity index (χ0v) is 23.0. The van der Waals surface area contributed by atoms with E-state index in [1.165, 1.54) is 11.0 Å². The summed E-state index contributed by atoms with van der Waals surface area (Å²) in [6.45, 7) is 5.24. The second-order valence-electron chi connectivity index (χ2n) is 10.2. The SMILES string of the molecule is CCOC(=O)C1=C(N)N(c2c(F)cc(F)cc2Br)C2=C(C(=O)CC(C)(C)C2)C12C(=O)Nc1ccc(Cl)cc12. The van der Waals surface area contributed by atoms with Gasteiger partial charge in [-0.15, -0.1) is 0 Å². The zero-order valence-electron chi connectivity index (χ0n) is 20.7. The molecule has 3 N–H and O–H groups in total. The highest BCUT2D eigenvalue weighted by atomic mass is 79.9. The number of rotatable bonds is 3. The summed E-state index contributed by atoms with van der Waals surface area (Å²) in [6.07, 6.45) is 0.243. The summed E-state index contributed by atoms with van der Waals surface area (Å²) in [4.78, 5) is 42.8. The molecule has 3 aliphatic rings. The highest BCUT2D eigenvalue weighted by Crippen LogP contribution is 2.58. The van der Waals surface area contributed by atoms with Crippen molar-refractivity contribution in [2.24, 2.45) is 11.1 Å². The van der Waals surface area contributed by atoms with Crippen LogP contribution in [0, 0.1) is 17.0 Å². The number of carbonyl (C=O) groups excluding carboxylic acids is 3. The van der Waals surface area contributed by atoms with Crippen LogP contribution < -0.4 is 16.0 Å². The minimum atomic E-state index is -1.99. The summed E-state index contributed by atoms with van der Waals surface area (Å²) in [5, 5.41) is 3.02. The van der Waals surface area contributed by atoms with E-state index in [2.05, 4.69) is 21.2 Å². The molecule has 0 aromatic heterocycles. The fourth-order valence-electron chi connectivity index (χ4n) is 5.71. The molecule has 1 aliphatic carbocycles. The summed E-state index contributed by atoms with van der Waals surface area (Å²) >= 11 is 9.54. The number of esters is 1. The molecule has 5 rings (SSSR count). The number of hydrogen-bond donors (Lipinski definition) is 2. The number of ether oxygens (including phenoxy) is 1. The van der Waals surface area contributed by atoms with Gasteiger partial charge in [0.2, 0.25) is 5.91 Å². The molecule has 0 radical (unpaired) electrons. The number of fused-ring (bicyclic) bond motifs is 3. The molecule has 1 atom stereocenters.